The summed E-state index contributed by atoms with van der Waals surface area (Å²) in [6, 6.07) is 8.98. The number of halogens is 1. The summed E-state index contributed by atoms with van der Waals surface area (Å²) < 4.78 is 14.4. The number of hydrogen-bond donors (Lipinski definition) is 1. The van der Waals surface area contributed by atoms with E-state index in [-0.39, 0.29) is 21.6 Å². The normalized spacial score (nSPS) is 23.7. The maximum Gasteiger partial charge on any atom is 0.324 e. The van der Waals surface area contributed by atoms with Crippen LogP contribution in [-0.2, 0) is 16.6 Å². The number of benzene rings is 1. The van der Waals surface area contributed by atoms with Crippen molar-refractivity contribution in [3.8, 4) is 0 Å². The van der Waals surface area contributed by atoms with Gasteiger partial charge < -0.3 is 5.32 Å². The third-order valence-corrected chi connectivity index (χ3v) is 6.82. The monoisotopic (exact) mass is 371 g/mol. The van der Waals surface area contributed by atoms with Crippen molar-refractivity contribution in [2.75, 3.05) is 26.2 Å². The fourth-order valence-corrected chi connectivity index (χ4v) is 5.44. The summed E-state index contributed by atoms with van der Waals surface area (Å²) >= 11 is 1.61. The number of thiophene rings is 1. The number of amides is 1. The Labute approximate surface area is 157 Å². The molecule has 3 nitrogen and oxygen atoms in total. The highest BCUT2D eigenvalue weighted by molar-refractivity contribution is 7.10. The molecular weight excluding hydrogens is 347 g/mol. The second-order valence-electron chi connectivity index (χ2n) is 7.44. The smallest absolute Gasteiger partial charge is 0.317 e. The number of nitrogens with one attached hydrogen (secondary N) is 1. The van der Waals surface area contributed by atoms with Crippen LogP contribution in [0.3, 0.4) is 0 Å². The standard InChI is InChI=1S/C21H24FN2OS/c1-2-11-24(20(25)14-17-4-3-12-26-17)15-21(7-9-23-10-8-21)18-13-16(22)5-6-19(18)24/h2-6,12-13,23H,1,7-11,14-15H2/q+1. The van der Waals surface area contributed by atoms with Crippen LogP contribution in [-0.4, -0.2) is 32.1 Å². The zero-order valence-electron chi connectivity index (χ0n) is 14.8. The van der Waals surface area contributed by atoms with Gasteiger partial charge in [-0.05, 0) is 55.6 Å². The summed E-state index contributed by atoms with van der Waals surface area (Å²) in [6.07, 6.45) is 4.12. The van der Waals surface area contributed by atoms with Crippen molar-refractivity contribution < 1.29 is 9.18 Å². The predicted molar refractivity (Wildman–Crippen MR) is 105 cm³/mol. The molecule has 4 rings (SSSR count). The van der Waals surface area contributed by atoms with Crippen LogP contribution in [0, 0.1) is 5.82 Å². The molecule has 136 valence electrons. The summed E-state index contributed by atoms with van der Waals surface area (Å²) in [5.74, 6) is -0.0402. The third-order valence-electron chi connectivity index (χ3n) is 5.95. The molecule has 2 aliphatic heterocycles. The molecule has 1 fully saturated rings. The number of carbonyl (C=O) groups excluding carboxylic acids is 1. The fourth-order valence-electron chi connectivity index (χ4n) is 4.75. The number of piperidine rings is 1. The van der Waals surface area contributed by atoms with Gasteiger partial charge in [-0.25, -0.2) is 13.7 Å². The van der Waals surface area contributed by atoms with Crippen LogP contribution in [0.4, 0.5) is 10.1 Å². The van der Waals surface area contributed by atoms with Crippen molar-refractivity contribution >= 4 is 22.9 Å². The van der Waals surface area contributed by atoms with E-state index >= 15 is 0 Å². The highest BCUT2D eigenvalue weighted by atomic mass is 32.1. The van der Waals surface area contributed by atoms with Crippen LogP contribution in [0.25, 0.3) is 0 Å². The van der Waals surface area contributed by atoms with Crippen molar-refractivity contribution in [1.82, 2.24) is 9.80 Å². The van der Waals surface area contributed by atoms with E-state index < -0.39 is 0 Å². The molecule has 0 saturated carbocycles. The molecule has 1 saturated heterocycles. The molecule has 1 N–H and O–H groups in total. The quantitative estimate of drug-likeness (QED) is 0.655. The summed E-state index contributed by atoms with van der Waals surface area (Å²) in [4.78, 5) is 14.6. The number of fused-ring (bicyclic) bond motifs is 2. The molecule has 1 atom stereocenters. The van der Waals surface area contributed by atoms with Crippen LogP contribution in [0.5, 0.6) is 0 Å². The third kappa shape index (κ3) is 2.75. The zero-order valence-corrected chi connectivity index (χ0v) is 15.7. The lowest BCUT2D eigenvalue weighted by molar-refractivity contribution is -0.129. The highest BCUT2D eigenvalue weighted by Crippen LogP contribution is 2.50. The van der Waals surface area contributed by atoms with E-state index in [0.717, 1.165) is 42.1 Å². The van der Waals surface area contributed by atoms with Gasteiger partial charge in [0.05, 0.1) is 11.8 Å². The van der Waals surface area contributed by atoms with Gasteiger partial charge in [0.1, 0.15) is 24.6 Å². The molecule has 1 unspecified atom stereocenters. The number of hydrogen-bond acceptors (Lipinski definition) is 3. The van der Waals surface area contributed by atoms with E-state index in [0.29, 0.717) is 19.5 Å². The number of nitrogens with zero attached hydrogens (tertiary/aromatic N) is 1. The number of carbonyl (C=O) groups is 1. The molecule has 1 aromatic heterocycles. The van der Waals surface area contributed by atoms with Gasteiger partial charge in [0.15, 0.2) is 0 Å². The van der Waals surface area contributed by atoms with Gasteiger partial charge in [-0.15, -0.1) is 11.3 Å². The lowest BCUT2D eigenvalue weighted by Gasteiger charge is -2.36. The molecule has 0 bridgehead atoms. The van der Waals surface area contributed by atoms with Crippen molar-refractivity contribution in [3.05, 3.63) is 64.6 Å². The van der Waals surface area contributed by atoms with Gasteiger partial charge >= 0.3 is 5.91 Å². The minimum Gasteiger partial charge on any atom is -0.317 e. The maximum absolute atomic E-state index is 14.1. The summed E-state index contributed by atoms with van der Waals surface area (Å²) in [7, 11) is 0. The Kier molecular flexibility index (Phi) is 4.55. The minimum absolute atomic E-state index is 0.128. The first kappa shape index (κ1) is 17.6. The summed E-state index contributed by atoms with van der Waals surface area (Å²) in [6.45, 7) is 7.00. The summed E-state index contributed by atoms with van der Waals surface area (Å²) in [5.41, 5.74) is 1.87. The largest absolute Gasteiger partial charge is 0.324 e. The Morgan fingerprint density at radius 3 is 2.85 bits per heavy atom. The molecule has 1 amide bonds. The number of quaternary nitrogens is 1. The van der Waals surface area contributed by atoms with Crippen molar-refractivity contribution in [2.24, 2.45) is 0 Å². The average molecular weight is 372 g/mol. The number of rotatable bonds is 4. The predicted octanol–water partition coefficient (Wildman–Crippen LogP) is 3.78. The van der Waals surface area contributed by atoms with E-state index in [1.807, 2.05) is 29.7 Å². The van der Waals surface area contributed by atoms with E-state index in [4.69, 9.17) is 0 Å². The van der Waals surface area contributed by atoms with Gasteiger partial charge in [-0.1, -0.05) is 12.6 Å². The fraction of sp³-hybridized carbons (Fsp3) is 0.381. The first-order valence-electron chi connectivity index (χ1n) is 9.15. The second kappa shape index (κ2) is 6.72. The van der Waals surface area contributed by atoms with Crippen molar-refractivity contribution in [1.29, 1.82) is 0 Å². The first-order valence-corrected chi connectivity index (χ1v) is 10.0. The Morgan fingerprint density at radius 1 is 1.35 bits per heavy atom. The molecule has 26 heavy (non-hydrogen) atoms. The van der Waals surface area contributed by atoms with Crippen molar-refractivity contribution in [3.63, 3.8) is 0 Å². The SMILES string of the molecule is C=CC[N+]1(C(=O)Cc2cccs2)CC2(CCNCC2)c2cc(F)ccc21. The second-order valence-corrected chi connectivity index (χ2v) is 8.47. The van der Waals surface area contributed by atoms with E-state index in [1.165, 1.54) is 6.07 Å². The zero-order chi connectivity index (χ0) is 18.2. The van der Waals surface area contributed by atoms with Crippen LogP contribution in [0.2, 0.25) is 0 Å². The Bertz CT molecular complexity index is 827. The lowest BCUT2D eigenvalue weighted by Crippen LogP contribution is -2.57. The molecule has 1 aromatic carbocycles. The van der Waals surface area contributed by atoms with E-state index in [2.05, 4.69) is 11.9 Å². The first-order chi connectivity index (χ1) is 12.6. The Morgan fingerprint density at radius 2 is 2.15 bits per heavy atom. The van der Waals surface area contributed by atoms with Crippen LogP contribution in [0.1, 0.15) is 23.3 Å². The molecular formula is C21H24FN2OS+. The maximum atomic E-state index is 14.1. The van der Waals surface area contributed by atoms with Crippen molar-refractivity contribution in [2.45, 2.75) is 24.7 Å². The van der Waals surface area contributed by atoms with E-state index in [1.54, 1.807) is 17.4 Å². The van der Waals surface area contributed by atoms with Gasteiger partial charge in [0.2, 0.25) is 0 Å². The lowest BCUT2D eigenvalue weighted by atomic mass is 9.74. The van der Waals surface area contributed by atoms with Gasteiger partial charge in [0.25, 0.3) is 0 Å². The van der Waals surface area contributed by atoms with Gasteiger partial charge in [-0.3, -0.25) is 0 Å². The molecule has 2 aliphatic rings. The summed E-state index contributed by atoms with van der Waals surface area (Å²) in [5, 5.41) is 5.40. The van der Waals surface area contributed by atoms with Crippen LogP contribution >= 0.6 is 11.3 Å². The van der Waals surface area contributed by atoms with Crippen LogP contribution in [0.15, 0.2) is 48.4 Å². The topological polar surface area (TPSA) is 29.1 Å². The molecule has 0 radical (unpaired) electrons. The molecule has 0 aliphatic carbocycles. The molecule has 5 heteroatoms. The molecule has 2 aromatic rings. The average Bonchev–Trinajstić information content (AvgIpc) is 3.22. The Hall–Kier alpha value is -1.82. The Balaban J connectivity index is 1.82. The van der Waals surface area contributed by atoms with Crippen LogP contribution < -0.4 is 9.80 Å². The van der Waals surface area contributed by atoms with Gasteiger partial charge in [-0.2, -0.15) is 0 Å². The van der Waals surface area contributed by atoms with E-state index in [9.17, 15) is 9.18 Å². The minimum atomic E-state index is -0.217. The molecule has 1 spiro atoms. The molecule has 3 heterocycles. The highest BCUT2D eigenvalue weighted by Gasteiger charge is 2.56. The van der Waals surface area contributed by atoms with Gasteiger partial charge in [0, 0.05) is 16.5 Å².